The average Bonchev–Trinajstić information content (AvgIpc) is 3.12. The van der Waals surface area contributed by atoms with E-state index in [9.17, 15) is 22.8 Å². The van der Waals surface area contributed by atoms with Crippen LogP contribution in [0.2, 0.25) is 0 Å². The Kier molecular flexibility index (Phi) is 7.34. The summed E-state index contributed by atoms with van der Waals surface area (Å²) in [6.07, 6.45) is 0.773. The van der Waals surface area contributed by atoms with E-state index in [1.165, 1.54) is 51.8 Å². The second-order valence-corrected chi connectivity index (χ2v) is 10.00. The monoisotopic (exact) mass is 467 g/mol. The third kappa shape index (κ3) is 5.25. The first kappa shape index (κ1) is 23.2. The van der Waals surface area contributed by atoms with Gasteiger partial charge < -0.3 is 4.90 Å². The minimum atomic E-state index is -3.69. The van der Waals surface area contributed by atoms with Gasteiger partial charge in [-0.15, -0.1) is 5.10 Å². The van der Waals surface area contributed by atoms with Crippen LogP contribution < -0.4 is 5.69 Å². The van der Waals surface area contributed by atoms with Crippen LogP contribution in [0.5, 0.6) is 0 Å². The van der Waals surface area contributed by atoms with Gasteiger partial charge in [0.2, 0.25) is 15.9 Å². The van der Waals surface area contributed by atoms with E-state index in [2.05, 4.69) is 10.2 Å². The molecular weight excluding hydrogens is 442 g/mol. The summed E-state index contributed by atoms with van der Waals surface area (Å²) in [5.41, 5.74) is 0.153. The van der Waals surface area contributed by atoms with E-state index in [0.717, 1.165) is 6.42 Å². The molecule has 1 aromatic heterocycles. The Morgan fingerprint density at radius 3 is 2.35 bits per heavy atom. The SMILES string of the molecule is CCCn1c(SCC(=O)N2CCN(S(=O)(=O)c3ccc(C(C)=O)cc3)CC2)n[nH]c1=O. The molecule has 0 radical (unpaired) electrons. The summed E-state index contributed by atoms with van der Waals surface area (Å²) in [7, 11) is -3.69. The lowest BCUT2D eigenvalue weighted by molar-refractivity contribution is -0.129. The van der Waals surface area contributed by atoms with Gasteiger partial charge in [-0.25, -0.2) is 18.3 Å². The summed E-state index contributed by atoms with van der Waals surface area (Å²) in [5.74, 6) is -0.144. The molecule has 1 fully saturated rings. The van der Waals surface area contributed by atoms with Gasteiger partial charge in [0, 0.05) is 38.3 Å². The van der Waals surface area contributed by atoms with Crippen LogP contribution in [0.4, 0.5) is 0 Å². The number of hydrogen-bond donors (Lipinski definition) is 1. The molecule has 0 aliphatic carbocycles. The number of ketones is 1. The Morgan fingerprint density at radius 1 is 1.13 bits per heavy atom. The molecule has 1 N–H and O–H groups in total. The number of amides is 1. The number of aromatic nitrogens is 3. The van der Waals surface area contributed by atoms with Crippen molar-refractivity contribution < 1.29 is 18.0 Å². The van der Waals surface area contributed by atoms with Crippen molar-refractivity contribution in [1.29, 1.82) is 0 Å². The van der Waals surface area contributed by atoms with Crippen molar-refractivity contribution in [2.45, 2.75) is 36.9 Å². The van der Waals surface area contributed by atoms with E-state index in [1.807, 2.05) is 6.92 Å². The van der Waals surface area contributed by atoms with Gasteiger partial charge in [-0.3, -0.25) is 14.2 Å². The van der Waals surface area contributed by atoms with Gasteiger partial charge in [0.25, 0.3) is 0 Å². The molecule has 1 saturated heterocycles. The number of nitrogens with one attached hydrogen (secondary N) is 1. The Bertz CT molecular complexity index is 1100. The molecule has 1 aliphatic rings. The molecule has 1 amide bonds. The molecule has 0 unspecified atom stereocenters. The maximum atomic E-state index is 12.8. The lowest BCUT2D eigenvalue weighted by Crippen LogP contribution is -2.51. The minimum Gasteiger partial charge on any atom is -0.339 e. The molecule has 1 aliphatic heterocycles. The average molecular weight is 468 g/mol. The lowest BCUT2D eigenvalue weighted by Gasteiger charge is -2.34. The van der Waals surface area contributed by atoms with Crippen molar-refractivity contribution in [2.75, 3.05) is 31.9 Å². The van der Waals surface area contributed by atoms with Gasteiger partial charge in [-0.1, -0.05) is 30.8 Å². The van der Waals surface area contributed by atoms with Crippen molar-refractivity contribution in [3.8, 4) is 0 Å². The highest BCUT2D eigenvalue weighted by atomic mass is 32.2. The van der Waals surface area contributed by atoms with Gasteiger partial charge in [-0.2, -0.15) is 4.31 Å². The number of hydrogen-bond acceptors (Lipinski definition) is 7. The van der Waals surface area contributed by atoms with Gasteiger partial charge in [0.05, 0.1) is 10.6 Å². The smallest absolute Gasteiger partial charge is 0.339 e. The number of H-pyrrole nitrogens is 1. The molecule has 0 bridgehead atoms. The second-order valence-electron chi connectivity index (χ2n) is 7.12. The van der Waals surface area contributed by atoms with E-state index in [-0.39, 0.29) is 54.2 Å². The van der Waals surface area contributed by atoms with Crippen LogP contribution in [0.3, 0.4) is 0 Å². The summed E-state index contributed by atoms with van der Waals surface area (Å²) in [6.45, 7) is 4.85. The largest absolute Gasteiger partial charge is 0.343 e. The van der Waals surface area contributed by atoms with Crippen molar-refractivity contribution >= 4 is 33.5 Å². The first-order chi connectivity index (χ1) is 14.7. The maximum Gasteiger partial charge on any atom is 0.343 e. The summed E-state index contributed by atoms with van der Waals surface area (Å²) in [5, 5.41) is 6.82. The van der Waals surface area contributed by atoms with Crippen molar-refractivity contribution in [3.63, 3.8) is 0 Å². The van der Waals surface area contributed by atoms with E-state index in [4.69, 9.17) is 0 Å². The Hall–Kier alpha value is -2.44. The van der Waals surface area contributed by atoms with Crippen LogP contribution in [-0.4, -0.2) is 76.0 Å². The van der Waals surface area contributed by atoms with Gasteiger partial charge in [0.1, 0.15) is 0 Å². The zero-order chi connectivity index (χ0) is 22.6. The third-order valence-electron chi connectivity index (χ3n) is 4.99. The number of sulfonamides is 1. The molecule has 1 aromatic carbocycles. The van der Waals surface area contributed by atoms with E-state index in [1.54, 1.807) is 4.90 Å². The zero-order valence-corrected chi connectivity index (χ0v) is 19.0. The Labute approximate surface area is 184 Å². The molecule has 3 rings (SSSR count). The molecule has 0 atom stereocenters. The van der Waals surface area contributed by atoms with Crippen LogP contribution in [0.1, 0.15) is 30.6 Å². The summed E-state index contributed by atoms with van der Waals surface area (Å²) >= 11 is 1.19. The predicted octanol–water partition coefficient (Wildman–Crippen LogP) is 0.809. The van der Waals surface area contributed by atoms with Crippen LogP contribution in [-0.2, 0) is 21.4 Å². The van der Waals surface area contributed by atoms with E-state index in [0.29, 0.717) is 17.3 Å². The minimum absolute atomic E-state index is 0.118. The number of aromatic amines is 1. The number of carbonyl (C=O) groups is 2. The lowest BCUT2D eigenvalue weighted by atomic mass is 10.2. The topological polar surface area (TPSA) is 125 Å². The first-order valence-corrected chi connectivity index (χ1v) is 12.3. The highest BCUT2D eigenvalue weighted by Crippen LogP contribution is 2.20. The fraction of sp³-hybridized carbons (Fsp3) is 0.474. The highest BCUT2D eigenvalue weighted by Gasteiger charge is 2.30. The zero-order valence-electron chi connectivity index (χ0n) is 17.4. The van der Waals surface area contributed by atoms with Gasteiger partial charge in [-0.05, 0) is 25.5 Å². The van der Waals surface area contributed by atoms with E-state index < -0.39 is 10.0 Å². The molecule has 168 valence electrons. The van der Waals surface area contributed by atoms with Crippen molar-refractivity contribution in [1.82, 2.24) is 24.0 Å². The number of nitrogens with zero attached hydrogens (tertiary/aromatic N) is 4. The second kappa shape index (κ2) is 9.79. The summed E-state index contributed by atoms with van der Waals surface area (Å²) in [4.78, 5) is 37.4. The molecule has 2 aromatic rings. The third-order valence-corrected chi connectivity index (χ3v) is 7.86. The van der Waals surface area contributed by atoms with Crippen LogP contribution in [0.25, 0.3) is 0 Å². The predicted molar refractivity (Wildman–Crippen MR) is 116 cm³/mol. The Morgan fingerprint density at radius 2 is 1.77 bits per heavy atom. The number of benzene rings is 1. The molecule has 0 spiro atoms. The molecule has 31 heavy (non-hydrogen) atoms. The summed E-state index contributed by atoms with van der Waals surface area (Å²) < 4.78 is 28.5. The molecule has 12 heteroatoms. The van der Waals surface area contributed by atoms with Crippen molar-refractivity contribution in [3.05, 3.63) is 40.3 Å². The Balaban J connectivity index is 1.56. The highest BCUT2D eigenvalue weighted by molar-refractivity contribution is 7.99. The fourth-order valence-electron chi connectivity index (χ4n) is 3.24. The first-order valence-electron chi connectivity index (χ1n) is 9.91. The van der Waals surface area contributed by atoms with Crippen molar-refractivity contribution in [2.24, 2.45) is 0 Å². The number of thioether (sulfide) groups is 1. The number of carbonyl (C=O) groups excluding carboxylic acids is 2. The molecule has 2 heterocycles. The molecular formula is C19H25N5O5S2. The normalized spacial score (nSPS) is 15.2. The number of rotatable bonds is 8. The van der Waals surface area contributed by atoms with Crippen LogP contribution in [0, 0.1) is 0 Å². The van der Waals surface area contributed by atoms with E-state index >= 15 is 0 Å². The van der Waals surface area contributed by atoms with Gasteiger partial charge in [0.15, 0.2) is 10.9 Å². The van der Waals surface area contributed by atoms with Gasteiger partial charge >= 0.3 is 5.69 Å². The maximum absolute atomic E-state index is 12.8. The quantitative estimate of drug-likeness (QED) is 0.450. The molecule has 10 nitrogen and oxygen atoms in total. The van der Waals surface area contributed by atoms with Crippen LogP contribution in [0.15, 0.2) is 39.1 Å². The summed E-state index contributed by atoms with van der Waals surface area (Å²) in [6, 6.07) is 5.86. The number of piperazine rings is 1. The fourth-order valence-corrected chi connectivity index (χ4v) is 5.54. The van der Waals surface area contributed by atoms with Crippen LogP contribution >= 0.6 is 11.8 Å². The number of Topliss-reactive ketones (excluding diaryl/α,β-unsaturated/α-hetero) is 1. The standard InChI is InChI=1S/C19H25N5O5S2/c1-3-8-24-18(27)20-21-19(24)30-13-17(26)22-9-11-23(12-10-22)31(28,29)16-6-4-15(5-7-16)14(2)25/h4-7H,3,8-13H2,1-2H3,(H,20,27). The molecule has 0 saturated carbocycles.